The van der Waals surface area contributed by atoms with Crippen molar-refractivity contribution in [1.82, 2.24) is 5.32 Å². The molecule has 1 aromatic carbocycles. The first-order chi connectivity index (χ1) is 8.13. The summed E-state index contributed by atoms with van der Waals surface area (Å²) in [5.74, 6) is 0.898. The Morgan fingerprint density at radius 3 is 2.59 bits per heavy atom. The summed E-state index contributed by atoms with van der Waals surface area (Å²) in [4.78, 5) is 0. The first-order valence-corrected chi connectivity index (χ1v) is 7.02. The van der Waals surface area contributed by atoms with Gasteiger partial charge >= 0.3 is 0 Å². The van der Waals surface area contributed by atoms with Crippen LogP contribution in [0.5, 0.6) is 0 Å². The highest BCUT2D eigenvalue weighted by molar-refractivity contribution is 6.30. The standard InChI is InChI=1S/C15H22ClN/c1-11-3-8-15(9-11)17-12(2)10-13-4-6-14(16)7-5-13/h4-7,11-12,15,17H,3,8-10H2,1-2H3. The van der Waals surface area contributed by atoms with E-state index in [-0.39, 0.29) is 0 Å². The first-order valence-electron chi connectivity index (χ1n) is 6.64. The molecule has 0 saturated heterocycles. The number of hydrogen-bond acceptors (Lipinski definition) is 1. The van der Waals surface area contributed by atoms with E-state index in [1.807, 2.05) is 12.1 Å². The average molecular weight is 252 g/mol. The van der Waals surface area contributed by atoms with Crippen molar-refractivity contribution < 1.29 is 0 Å². The van der Waals surface area contributed by atoms with Crippen molar-refractivity contribution in [2.75, 3.05) is 0 Å². The van der Waals surface area contributed by atoms with Gasteiger partial charge in [0.1, 0.15) is 0 Å². The zero-order valence-corrected chi connectivity index (χ0v) is 11.5. The molecule has 2 heteroatoms. The zero-order valence-electron chi connectivity index (χ0n) is 10.7. The predicted octanol–water partition coefficient (Wildman–Crippen LogP) is 4.05. The van der Waals surface area contributed by atoms with Crippen LogP contribution in [0.4, 0.5) is 0 Å². The van der Waals surface area contributed by atoms with Gasteiger partial charge in [0, 0.05) is 17.1 Å². The second-order valence-corrected chi connectivity index (χ2v) is 5.95. The van der Waals surface area contributed by atoms with Crippen LogP contribution in [-0.2, 0) is 6.42 Å². The lowest BCUT2D eigenvalue weighted by Gasteiger charge is -2.19. The molecular formula is C15H22ClN. The zero-order chi connectivity index (χ0) is 12.3. The molecule has 94 valence electrons. The molecule has 0 heterocycles. The van der Waals surface area contributed by atoms with Gasteiger partial charge in [-0.05, 0) is 56.2 Å². The molecule has 0 radical (unpaired) electrons. The molecule has 1 saturated carbocycles. The third kappa shape index (κ3) is 4.01. The quantitative estimate of drug-likeness (QED) is 0.851. The minimum atomic E-state index is 0.548. The van der Waals surface area contributed by atoms with Crippen LogP contribution in [-0.4, -0.2) is 12.1 Å². The van der Waals surface area contributed by atoms with Gasteiger partial charge in [-0.2, -0.15) is 0 Å². The smallest absolute Gasteiger partial charge is 0.0406 e. The van der Waals surface area contributed by atoms with E-state index in [0.717, 1.165) is 23.4 Å². The van der Waals surface area contributed by atoms with Gasteiger partial charge in [0.05, 0.1) is 0 Å². The number of benzene rings is 1. The van der Waals surface area contributed by atoms with Gasteiger partial charge in [0.15, 0.2) is 0 Å². The Labute approximate surface area is 110 Å². The Morgan fingerprint density at radius 1 is 1.29 bits per heavy atom. The van der Waals surface area contributed by atoms with Crippen LogP contribution in [0, 0.1) is 5.92 Å². The number of hydrogen-bond donors (Lipinski definition) is 1. The van der Waals surface area contributed by atoms with E-state index in [0.29, 0.717) is 6.04 Å². The van der Waals surface area contributed by atoms with E-state index in [4.69, 9.17) is 11.6 Å². The van der Waals surface area contributed by atoms with Crippen molar-refractivity contribution in [1.29, 1.82) is 0 Å². The fourth-order valence-corrected chi connectivity index (χ4v) is 2.92. The molecule has 1 aliphatic carbocycles. The second kappa shape index (κ2) is 5.88. The predicted molar refractivity (Wildman–Crippen MR) is 74.6 cm³/mol. The molecule has 0 amide bonds. The topological polar surface area (TPSA) is 12.0 Å². The van der Waals surface area contributed by atoms with E-state index in [1.54, 1.807) is 0 Å². The molecule has 3 atom stereocenters. The summed E-state index contributed by atoms with van der Waals surface area (Å²) in [6, 6.07) is 9.47. The van der Waals surface area contributed by atoms with Gasteiger partial charge in [-0.3, -0.25) is 0 Å². The van der Waals surface area contributed by atoms with Crippen molar-refractivity contribution in [2.45, 2.75) is 51.6 Å². The van der Waals surface area contributed by atoms with Crippen LogP contribution in [0.15, 0.2) is 24.3 Å². The Hall–Kier alpha value is -0.530. The van der Waals surface area contributed by atoms with Gasteiger partial charge in [-0.15, -0.1) is 0 Å². The van der Waals surface area contributed by atoms with Gasteiger partial charge < -0.3 is 5.32 Å². The molecule has 1 aromatic rings. The lowest BCUT2D eigenvalue weighted by Crippen LogP contribution is -2.36. The third-order valence-corrected chi connectivity index (χ3v) is 3.92. The van der Waals surface area contributed by atoms with E-state index in [2.05, 4.69) is 31.3 Å². The van der Waals surface area contributed by atoms with Gasteiger partial charge in [-0.1, -0.05) is 30.7 Å². The van der Waals surface area contributed by atoms with E-state index < -0.39 is 0 Å². The molecule has 1 nitrogen and oxygen atoms in total. The summed E-state index contributed by atoms with van der Waals surface area (Å²) < 4.78 is 0. The third-order valence-electron chi connectivity index (χ3n) is 3.67. The molecular weight excluding hydrogens is 230 g/mol. The Bertz CT molecular complexity index is 346. The Balaban J connectivity index is 1.80. The lowest BCUT2D eigenvalue weighted by molar-refractivity contribution is 0.438. The maximum absolute atomic E-state index is 5.89. The van der Waals surface area contributed by atoms with Crippen molar-refractivity contribution >= 4 is 11.6 Å². The summed E-state index contributed by atoms with van der Waals surface area (Å²) >= 11 is 5.89. The van der Waals surface area contributed by atoms with Crippen LogP contribution in [0.3, 0.4) is 0 Å². The Morgan fingerprint density at radius 2 is 2.00 bits per heavy atom. The normalized spacial score (nSPS) is 26.1. The van der Waals surface area contributed by atoms with E-state index in [1.165, 1.54) is 24.8 Å². The van der Waals surface area contributed by atoms with E-state index in [9.17, 15) is 0 Å². The molecule has 1 N–H and O–H groups in total. The maximum Gasteiger partial charge on any atom is 0.0406 e. The van der Waals surface area contributed by atoms with Crippen LogP contribution < -0.4 is 5.32 Å². The lowest BCUT2D eigenvalue weighted by atomic mass is 10.1. The van der Waals surface area contributed by atoms with Crippen LogP contribution in [0.1, 0.15) is 38.7 Å². The molecule has 3 unspecified atom stereocenters. The number of rotatable bonds is 4. The molecule has 0 spiro atoms. The van der Waals surface area contributed by atoms with Gasteiger partial charge in [0.2, 0.25) is 0 Å². The minimum Gasteiger partial charge on any atom is -0.311 e. The average Bonchev–Trinajstić information content (AvgIpc) is 2.67. The monoisotopic (exact) mass is 251 g/mol. The first kappa shape index (κ1) is 12.9. The highest BCUT2D eigenvalue weighted by atomic mass is 35.5. The molecule has 17 heavy (non-hydrogen) atoms. The fraction of sp³-hybridized carbons (Fsp3) is 0.600. The molecule has 0 aromatic heterocycles. The van der Waals surface area contributed by atoms with Crippen LogP contribution >= 0.6 is 11.6 Å². The largest absolute Gasteiger partial charge is 0.311 e. The molecule has 1 fully saturated rings. The number of nitrogens with one attached hydrogen (secondary N) is 1. The fourth-order valence-electron chi connectivity index (χ4n) is 2.79. The second-order valence-electron chi connectivity index (χ2n) is 5.51. The molecule has 1 aliphatic rings. The highest BCUT2D eigenvalue weighted by Crippen LogP contribution is 2.25. The summed E-state index contributed by atoms with van der Waals surface area (Å²) in [6.45, 7) is 4.63. The highest BCUT2D eigenvalue weighted by Gasteiger charge is 2.22. The van der Waals surface area contributed by atoms with Crippen molar-refractivity contribution in [3.63, 3.8) is 0 Å². The summed E-state index contributed by atoms with van der Waals surface area (Å²) in [7, 11) is 0. The van der Waals surface area contributed by atoms with Gasteiger partial charge in [0.25, 0.3) is 0 Å². The SMILES string of the molecule is CC1CCC(NC(C)Cc2ccc(Cl)cc2)C1. The molecule has 2 rings (SSSR count). The summed E-state index contributed by atoms with van der Waals surface area (Å²) in [5, 5.41) is 4.56. The summed E-state index contributed by atoms with van der Waals surface area (Å²) in [6.07, 6.45) is 5.14. The minimum absolute atomic E-state index is 0.548. The molecule has 0 bridgehead atoms. The van der Waals surface area contributed by atoms with Crippen molar-refractivity contribution in [2.24, 2.45) is 5.92 Å². The molecule has 0 aliphatic heterocycles. The van der Waals surface area contributed by atoms with Crippen molar-refractivity contribution in [3.8, 4) is 0 Å². The summed E-state index contributed by atoms with van der Waals surface area (Å²) in [5.41, 5.74) is 1.36. The number of halogens is 1. The maximum atomic E-state index is 5.89. The van der Waals surface area contributed by atoms with Crippen LogP contribution in [0.2, 0.25) is 5.02 Å². The van der Waals surface area contributed by atoms with E-state index >= 15 is 0 Å². The Kier molecular flexibility index (Phi) is 4.47. The van der Waals surface area contributed by atoms with Crippen LogP contribution in [0.25, 0.3) is 0 Å². The van der Waals surface area contributed by atoms with Gasteiger partial charge in [-0.25, -0.2) is 0 Å². The van der Waals surface area contributed by atoms with Crippen molar-refractivity contribution in [3.05, 3.63) is 34.9 Å².